The number of carbonyl (C=O) groups excluding carboxylic acids is 3. The first kappa shape index (κ1) is 71.7. The molecule has 0 aromatic rings. The average molecular weight is 1070 g/mol. The van der Waals surface area contributed by atoms with Gasteiger partial charge in [-0.3, -0.25) is 28.9 Å². The first-order chi connectivity index (χ1) is 36.7. The number of hydrogen-bond acceptors (Lipinski definition) is 10. The largest absolute Gasteiger partial charge is 0.481 e. The second-order valence-corrected chi connectivity index (χ2v) is 20.7. The van der Waals surface area contributed by atoms with Gasteiger partial charge in [0.05, 0.1) is 33.0 Å². The number of ether oxygens (including phenoxy) is 3. The van der Waals surface area contributed by atoms with Crippen LogP contribution in [-0.2, 0) is 38.2 Å². The van der Waals surface area contributed by atoms with Crippen LogP contribution in [0.1, 0.15) is 257 Å². The smallest absolute Gasteiger partial charge is 0.303 e. The first-order valence-corrected chi connectivity index (χ1v) is 30.5. The van der Waals surface area contributed by atoms with Crippen molar-refractivity contribution in [3.63, 3.8) is 0 Å². The summed E-state index contributed by atoms with van der Waals surface area (Å²) in [6, 6.07) is 0. The van der Waals surface area contributed by atoms with Gasteiger partial charge in [0, 0.05) is 76.4 Å². The van der Waals surface area contributed by atoms with Crippen LogP contribution in [0.15, 0.2) is 5.11 Å². The summed E-state index contributed by atoms with van der Waals surface area (Å²) < 4.78 is 16.2. The normalized spacial score (nSPS) is 11.3. The summed E-state index contributed by atoms with van der Waals surface area (Å²) in [5.74, 6) is -1.81. The third-order valence-corrected chi connectivity index (χ3v) is 13.7. The fraction of sp³-hybridized carbons (Fsp3) is 0.914. The van der Waals surface area contributed by atoms with E-state index in [2.05, 4.69) is 30.9 Å². The molecule has 17 nitrogen and oxygen atoms in total. The van der Waals surface area contributed by atoms with E-state index in [9.17, 15) is 24.0 Å². The molecule has 0 saturated heterocycles. The summed E-state index contributed by atoms with van der Waals surface area (Å²) >= 11 is 0. The Morgan fingerprint density at radius 1 is 0.373 bits per heavy atom. The highest BCUT2D eigenvalue weighted by Crippen LogP contribution is 2.17. The fourth-order valence-electron chi connectivity index (χ4n) is 9.18. The molecule has 0 aliphatic heterocycles. The Labute approximate surface area is 455 Å². The molecule has 0 fully saturated rings. The lowest BCUT2D eigenvalue weighted by Crippen LogP contribution is -2.42. The summed E-state index contributed by atoms with van der Waals surface area (Å²) in [5, 5.41) is 30.0. The molecule has 0 rings (SSSR count). The van der Waals surface area contributed by atoms with Crippen molar-refractivity contribution in [2.24, 2.45) is 5.11 Å². The molecular weight excluding hydrogens is 955 g/mol. The van der Waals surface area contributed by atoms with Gasteiger partial charge in [0.2, 0.25) is 17.7 Å². The van der Waals surface area contributed by atoms with E-state index in [1.54, 1.807) is 0 Å². The molecule has 75 heavy (non-hydrogen) atoms. The number of azide groups is 1. The van der Waals surface area contributed by atoms with E-state index in [0.29, 0.717) is 84.8 Å². The van der Waals surface area contributed by atoms with Gasteiger partial charge < -0.3 is 40.4 Å². The highest BCUT2D eigenvalue weighted by atomic mass is 16.5. The van der Waals surface area contributed by atoms with Crippen LogP contribution in [0.5, 0.6) is 0 Å². The van der Waals surface area contributed by atoms with Crippen LogP contribution in [0.3, 0.4) is 0 Å². The SMILES string of the molecule is [N-]=[N+]=NC(=O)COCCOCCOCCNCCN(CCNC(=O)CCCCCCCCCCCCCCCCCCCCC(=O)O)CCNC(=O)CCCCCCCCCCCCCCCCCCCCC(=O)O. The monoisotopic (exact) mass is 1070 g/mol. The van der Waals surface area contributed by atoms with Crippen molar-refractivity contribution >= 4 is 29.7 Å². The highest BCUT2D eigenvalue weighted by Gasteiger charge is 2.09. The molecule has 0 aliphatic carbocycles. The van der Waals surface area contributed by atoms with Crippen LogP contribution in [0.2, 0.25) is 0 Å². The Bertz CT molecular complexity index is 1300. The Balaban J connectivity index is 4.14. The molecule has 0 aromatic heterocycles. The van der Waals surface area contributed by atoms with Crippen molar-refractivity contribution in [1.82, 2.24) is 20.9 Å². The molecule has 0 radical (unpaired) electrons. The van der Waals surface area contributed by atoms with E-state index in [1.807, 2.05) is 0 Å². The maximum absolute atomic E-state index is 12.7. The zero-order valence-electron chi connectivity index (χ0n) is 47.4. The van der Waals surface area contributed by atoms with E-state index in [4.69, 9.17) is 30.0 Å². The number of hydrogen-bond donors (Lipinski definition) is 5. The van der Waals surface area contributed by atoms with Gasteiger partial charge in [-0.15, -0.1) is 0 Å². The van der Waals surface area contributed by atoms with E-state index in [1.165, 1.54) is 167 Å². The number of amides is 3. The molecule has 0 atom stereocenters. The van der Waals surface area contributed by atoms with Gasteiger partial charge in [-0.25, -0.2) is 0 Å². The number of carboxylic acid groups (broad SMARTS) is 2. The molecule has 17 heteroatoms. The van der Waals surface area contributed by atoms with Crippen LogP contribution in [-0.4, -0.2) is 130 Å². The number of nitrogens with zero attached hydrogens (tertiary/aromatic N) is 4. The lowest BCUT2D eigenvalue weighted by atomic mass is 10.0. The second-order valence-electron chi connectivity index (χ2n) is 20.7. The fourth-order valence-corrected chi connectivity index (χ4v) is 9.18. The van der Waals surface area contributed by atoms with Crippen LogP contribution in [0, 0.1) is 0 Å². The third-order valence-electron chi connectivity index (χ3n) is 13.7. The average Bonchev–Trinajstić information content (AvgIpc) is 3.38. The van der Waals surface area contributed by atoms with Crippen molar-refractivity contribution in [2.75, 3.05) is 85.5 Å². The predicted octanol–water partition coefficient (Wildman–Crippen LogP) is 12.8. The number of aliphatic carboxylic acids is 2. The van der Waals surface area contributed by atoms with E-state index >= 15 is 0 Å². The van der Waals surface area contributed by atoms with Crippen LogP contribution in [0.25, 0.3) is 10.4 Å². The molecule has 5 N–H and O–H groups in total. The molecule has 438 valence electrons. The second kappa shape index (κ2) is 59.9. The minimum Gasteiger partial charge on any atom is -0.481 e. The van der Waals surface area contributed by atoms with Crippen molar-refractivity contribution in [3.05, 3.63) is 10.4 Å². The first-order valence-electron chi connectivity index (χ1n) is 30.5. The maximum atomic E-state index is 12.7. The third kappa shape index (κ3) is 61.4. The van der Waals surface area contributed by atoms with E-state index < -0.39 is 17.8 Å². The molecule has 0 bridgehead atoms. The van der Waals surface area contributed by atoms with Crippen molar-refractivity contribution in [2.45, 2.75) is 257 Å². The summed E-state index contributed by atoms with van der Waals surface area (Å²) in [5.41, 5.74) is 8.24. The van der Waals surface area contributed by atoms with Crippen molar-refractivity contribution < 1.29 is 48.4 Å². The number of nitrogens with one attached hydrogen (secondary N) is 3. The maximum Gasteiger partial charge on any atom is 0.303 e. The predicted molar refractivity (Wildman–Crippen MR) is 302 cm³/mol. The number of rotatable bonds is 62. The van der Waals surface area contributed by atoms with Crippen LogP contribution < -0.4 is 16.0 Å². The van der Waals surface area contributed by atoms with Gasteiger partial charge in [-0.2, -0.15) is 0 Å². The van der Waals surface area contributed by atoms with E-state index in [0.717, 1.165) is 77.3 Å². The van der Waals surface area contributed by atoms with Gasteiger partial charge in [-0.1, -0.05) is 205 Å². The molecule has 0 unspecified atom stereocenters. The van der Waals surface area contributed by atoms with Crippen molar-refractivity contribution in [1.29, 1.82) is 0 Å². The quantitative estimate of drug-likeness (QED) is 0.0165. The Hall–Kier alpha value is -3.34. The topological polar surface area (TPSA) is 242 Å². The lowest BCUT2D eigenvalue weighted by molar-refractivity contribution is -0.138. The minimum atomic E-state index is -0.681. The Kier molecular flexibility index (Phi) is 57.2. The molecule has 0 saturated carbocycles. The molecule has 0 aromatic carbocycles. The Morgan fingerprint density at radius 3 is 0.973 bits per heavy atom. The summed E-state index contributed by atoms with van der Waals surface area (Å²) in [4.78, 5) is 62.3. The van der Waals surface area contributed by atoms with Crippen molar-refractivity contribution in [3.8, 4) is 0 Å². The zero-order valence-corrected chi connectivity index (χ0v) is 47.4. The summed E-state index contributed by atoms with van der Waals surface area (Å²) in [7, 11) is 0. The molecule has 3 amide bonds. The van der Waals surface area contributed by atoms with Gasteiger partial charge in [0.1, 0.15) is 6.61 Å². The van der Waals surface area contributed by atoms with Crippen LogP contribution >= 0.6 is 0 Å². The standard InChI is InChI=1S/C58H111N7O10/c59-64-63-56(68)53-75-52-51-74-50-49-73-48-44-60-41-45-65(46-42-61-54(66)37-33-29-25-21-17-13-9-5-1-3-7-11-15-19-23-27-31-35-39-57(69)70)47-43-62-55(67)38-34-30-26-22-18-14-10-6-2-4-8-12-16-20-24-28-32-36-40-58(71)72/h60H,1-53H2,(H,61,66)(H,62,67)(H,69,70)(H,71,72). The van der Waals surface area contributed by atoms with E-state index in [-0.39, 0.29) is 25.0 Å². The van der Waals surface area contributed by atoms with Gasteiger partial charge in [-0.05, 0) is 36.3 Å². The summed E-state index contributed by atoms with van der Waals surface area (Å²) in [6.45, 7) is 6.39. The van der Waals surface area contributed by atoms with Gasteiger partial charge >= 0.3 is 11.9 Å². The highest BCUT2D eigenvalue weighted by molar-refractivity contribution is 5.78. The van der Waals surface area contributed by atoms with Crippen LogP contribution in [0.4, 0.5) is 0 Å². The van der Waals surface area contributed by atoms with Gasteiger partial charge in [0.25, 0.3) is 0 Å². The number of unbranched alkanes of at least 4 members (excludes halogenated alkanes) is 34. The number of carbonyl (C=O) groups is 5. The Morgan fingerprint density at radius 2 is 0.653 bits per heavy atom. The molecular formula is C58H111N7O10. The number of carboxylic acids is 2. The lowest BCUT2D eigenvalue weighted by Gasteiger charge is -2.23. The molecule has 0 aliphatic rings. The summed E-state index contributed by atoms with van der Waals surface area (Å²) in [6.07, 6.45) is 45.5. The molecule has 0 heterocycles. The van der Waals surface area contributed by atoms with Gasteiger partial charge in [0.15, 0.2) is 0 Å². The minimum absolute atomic E-state index is 0.109. The molecule has 0 spiro atoms. The zero-order chi connectivity index (χ0) is 54.6.